The van der Waals surface area contributed by atoms with Crippen molar-refractivity contribution in [3.05, 3.63) is 0 Å². The van der Waals surface area contributed by atoms with Gasteiger partial charge in [0.05, 0.1) is 14.2 Å². The molecule has 0 aliphatic heterocycles. The van der Waals surface area contributed by atoms with Crippen LogP contribution in [0.1, 0.15) is 6.92 Å². The van der Waals surface area contributed by atoms with Gasteiger partial charge in [0, 0.05) is 12.6 Å². The van der Waals surface area contributed by atoms with Crippen LogP contribution >= 0.6 is 0 Å². The van der Waals surface area contributed by atoms with E-state index in [-0.39, 0.29) is 6.04 Å². The molecule has 1 unspecified atom stereocenters. The fraction of sp³-hybridized carbons (Fsp3) is 1.00. The minimum absolute atomic E-state index is 0.259. The summed E-state index contributed by atoms with van der Waals surface area (Å²) in [5.41, 5.74) is 5.43. The molecule has 0 spiro atoms. The van der Waals surface area contributed by atoms with Crippen LogP contribution in [0.25, 0.3) is 0 Å². The first-order chi connectivity index (χ1) is 4.31. The average molecular weight is 134 g/mol. The molecule has 0 aromatic carbocycles. The van der Waals surface area contributed by atoms with Crippen LogP contribution in [0.15, 0.2) is 0 Å². The maximum Gasteiger partial charge on any atom is 0.0572 e. The molecule has 4 nitrogen and oxygen atoms in total. The van der Waals surface area contributed by atoms with E-state index in [1.54, 1.807) is 14.2 Å². The van der Waals surface area contributed by atoms with E-state index in [9.17, 15) is 0 Å². The van der Waals surface area contributed by atoms with E-state index in [0.29, 0.717) is 0 Å². The van der Waals surface area contributed by atoms with Crippen molar-refractivity contribution in [3.63, 3.8) is 0 Å². The molecule has 0 fully saturated rings. The summed E-state index contributed by atoms with van der Waals surface area (Å²) in [6, 6.07) is 0.259. The number of nitrogens with one attached hydrogen (secondary N) is 2. The zero-order valence-electron chi connectivity index (χ0n) is 6.10. The van der Waals surface area contributed by atoms with Crippen LogP contribution in [0, 0.1) is 0 Å². The van der Waals surface area contributed by atoms with Crippen molar-refractivity contribution < 1.29 is 9.68 Å². The van der Waals surface area contributed by atoms with E-state index in [1.807, 2.05) is 6.92 Å². The molecule has 2 N–H and O–H groups in total. The average Bonchev–Trinajstić information content (AvgIpc) is 1.85. The third-order valence-corrected chi connectivity index (χ3v) is 0.853. The van der Waals surface area contributed by atoms with Crippen LogP contribution in [0.2, 0.25) is 0 Å². The van der Waals surface area contributed by atoms with Gasteiger partial charge in [0.1, 0.15) is 0 Å². The van der Waals surface area contributed by atoms with Gasteiger partial charge in [-0.3, -0.25) is 0 Å². The smallest absolute Gasteiger partial charge is 0.0572 e. The molecule has 0 aromatic rings. The topological polar surface area (TPSA) is 42.5 Å². The van der Waals surface area contributed by atoms with Crippen LogP contribution in [0.4, 0.5) is 0 Å². The van der Waals surface area contributed by atoms with Gasteiger partial charge in [0.25, 0.3) is 0 Å². The summed E-state index contributed by atoms with van der Waals surface area (Å²) in [7, 11) is 3.17. The normalized spacial score (nSPS) is 13.7. The first-order valence-electron chi connectivity index (χ1n) is 2.85. The lowest BCUT2D eigenvalue weighted by Crippen LogP contribution is -2.35. The molecule has 0 amide bonds. The monoisotopic (exact) mass is 134 g/mol. The van der Waals surface area contributed by atoms with E-state index in [4.69, 9.17) is 0 Å². The molecule has 1 atom stereocenters. The zero-order chi connectivity index (χ0) is 7.11. The predicted molar refractivity (Wildman–Crippen MR) is 34.6 cm³/mol. The molecule has 56 valence electrons. The van der Waals surface area contributed by atoms with Crippen LogP contribution in [0.3, 0.4) is 0 Å². The lowest BCUT2D eigenvalue weighted by Gasteiger charge is -2.10. The quantitative estimate of drug-likeness (QED) is 0.505. The molecule has 0 heterocycles. The molecule has 9 heavy (non-hydrogen) atoms. The molecule has 0 aliphatic carbocycles. The van der Waals surface area contributed by atoms with Crippen LogP contribution in [0.5, 0.6) is 0 Å². The molecule has 0 saturated carbocycles. The summed E-state index contributed by atoms with van der Waals surface area (Å²) in [5.74, 6) is 0. The lowest BCUT2D eigenvalue weighted by molar-refractivity contribution is 0.0349. The Kier molecular flexibility index (Phi) is 5.86. The van der Waals surface area contributed by atoms with Crippen molar-refractivity contribution in [2.75, 3.05) is 20.8 Å². The molecule has 4 heteroatoms. The highest BCUT2D eigenvalue weighted by Crippen LogP contribution is 1.75. The highest BCUT2D eigenvalue weighted by molar-refractivity contribution is 4.52. The predicted octanol–water partition coefficient (Wildman–Crippen LogP) is -0.323. The largest absolute Gasteiger partial charge is 0.305 e. The van der Waals surface area contributed by atoms with Gasteiger partial charge < -0.3 is 9.68 Å². The fourth-order valence-corrected chi connectivity index (χ4v) is 0.451. The van der Waals surface area contributed by atoms with E-state index in [1.165, 1.54) is 0 Å². The molecule has 0 bridgehead atoms. The van der Waals surface area contributed by atoms with E-state index in [0.717, 1.165) is 6.54 Å². The van der Waals surface area contributed by atoms with Gasteiger partial charge in [-0.05, 0) is 6.92 Å². The van der Waals surface area contributed by atoms with E-state index < -0.39 is 0 Å². The first kappa shape index (κ1) is 8.84. The number of hydroxylamine groups is 2. The van der Waals surface area contributed by atoms with Crippen molar-refractivity contribution in [1.29, 1.82) is 0 Å². The zero-order valence-corrected chi connectivity index (χ0v) is 6.10. The Morgan fingerprint density at radius 2 is 2.00 bits per heavy atom. The Bertz CT molecular complexity index is 60.9. The Balaban J connectivity index is 2.95. The second kappa shape index (κ2) is 5.97. The Morgan fingerprint density at radius 3 is 2.44 bits per heavy atom. The maximum atomic E-state index is 4.66. The van der Waals surface area contributed by atoms with Gasteiger partial charge in [-0.15, -0.1) is 0 Å². The van der Waals surface area contributed by atoms with Crippen molar-refractivity contribution in [3.8, 4) is 0 Å². The van der Waals surface area contributed by atoms with Gasteiger partial charge in [-0.25, -0.2) is 5.48 Å². The SMILES string of the molecule is CONCC(C)NOC. The standard InChI is InChI=1S/C5H14N2O2/c1-5(7-9-3)4-6-8-2/h5-7H,4H2,1-3H3. The Morgan fingerprint density at radius 1 is 1.33 bits per heavy atom. The summed E-state index contributed by atoms with van der Waals surface area (Å²) in [5, 5.41) is 0. The van der Waals surface area contributed by atoms with E-state index >= 15 is 0 Å². The lowest BCUT2D eigenvalue weighted by atomic mass is 10.4. The van der Waals surface area contributed by atoms with Crippen LogP contribution in [-0.4, -0.2) is 26.8 Å². The summed E-state index contributed by atoms with van der Waals surface area (Å²) in [6.45, 7) is 2.71. The van der Waals surface area contributed by atoms with Crippen LogP contribution in [-0.2, 0) is 9.68 Å². The fourth-order valence-electron chi connectivity index (χ4n) is 0.451. The Hall–Kier alpha value is -0.160. The van der Waals surface area contributed by atoms with Crippen molar-refractivity contribution in [2.24, 2.45) is 0 Å². The molecule has 0 radical (unpaired) electrons. The van der Waals surface area contributed by atoms with Crippen molar-refractivity contribution >= 4 is 0 Å². The minimum atomic E-state index is 0.259. The highest BCUT2D eigenvalue weighted by Gasteiger charge is 1.96. The molecule has 0 rings (SSSR count). The molecule has 0 aliphatic rings. The van der Waals surface area contributed by atoms with Crippen molar-refractivity contribution in [2.45, 2.75) is 13.0 Å². The summed E-state index contributed by atoms with van der Waals surface area (Å²) in [4.78, 5) is 9.27. The van der Waals surface area contributed by atoms with Gasteiger partial charge in [0.2, 0.25) is 0 Å². The summed E-state index contributed by atoms with van der Waals surface area (Å²) < 4.78 is 0. The second-order valence-electron chi connectivity index (χ2n) is 1.78. The molecular formula is C5H14N2O2. The van der Waals surface area contributed by atoms with Gasteiger partial charge in [0.15, 0.2) is 0 Å². The van der Waals surface area contributed by atoms with E-state index in [2.05, 4.69) is 20.6 Å². The van der Waals surface area contributed by atoms with Gasteiger partial charge in [-0.1, -0.05) is 0 Å². The van der Waals surface area contributed by atoms with Gasteiger partial charge in [-0.2, -0.15) is 5.48 Å². The third-order valence-electron chi connectivity index (χ3n) is 0.853. The van der Waals surface area contributed by atoms with Crippen molar-refractivity contribution in [1.82, 2.24) is 11.0 Å². The van der Waals surface area contributed by atoms with Crippen LogP contribution < -0.4 is 11.0 Å². The molecular weight excluding hydrogens is 120 g/mol. The second-order valence-corrected chi connectivity index (χ2v) is 1.78. The highest BCUT2D eigenvalue weighted by atomic mass is 16.6. The molecule has 0 aromatic heterocycles. The number of hydrogen-bond acceptors (Lipinski definition) is 4. The Labute approximate surface area is 55.4 Å². The summed E-state index contributed by atoms with van der Waals surface area (Å²) >= 11 is 0. The number of hydrogen-bond donors (Lipinski definition) is 2. The first-order valence-corrected chi connectivity index (χ1v) is 2.85. The minimum Gasteiger partial charge on any atom is -0.305 e. The summed E-state index contributed by atoms with van der Waals surface area (Å²) in [6.07, 6.45) is 0. The third kappa shape index (κ3) is 5.72. The van der Waals surface area contributed by atoms with Gasteiger partial charge >= 0.3 is 0 Å². The number of rotatable bonds is 5. The molecule has 0 saturated heterocycles. The maximum absolute atomic E-state index is 4.66.